The molecule has 1 aliphatic carbocycles. The third-order valence-corrected chi connectivity index (χ3v) is 3.61. The molecule has 0 atom stereocenters. The Balaban J connectivity index is 2.04. The molecule has 4 N–H and O–H groups in total. The Hall–Kier alpha value is -2.04. The van der Waals surface area contributed by atoms with Crippen LogP contribution in [0.3, 0.4) is 0 Å². The fourth-order valence-corrected chi connectivity index (χ4v) is 2.33. The molecule has 18 heavy (non-hydrogen) atoms. The molecule has 1 fully saturated rings. The number of hydrogen-bond donors (Lipinski definition) is 3. The van der Waals surface area contributed by atoms with Gasteiger partial charge in [-0.2, -0.15) is 0 Å². The van der Waals surface area contributed by atoms with Gasteiger partial charge in [-0.1, -0.05) is 0 Å². The fourth-order valence-electron chi connectivity index (χ4n) is 2.33. The van der Waals surface area contributed by atoms with Crippen molar-refractivity contribution in [3.8, 4) is 0 Å². The van der Waals surface area contributed by atoms with Gasteiger partial charge in [0.1, 0.15) is 0 Å². The molecule has 2 aromatic rings. The summed E-state index contributed by atoms with van der Waals surface area (Å²) in [6.45, 7) is 2.14. The van der Waals surface area contributed by atoms with Crippen molar-refractivity contribution in [2.24, 2.45) is 0 Å². The van der Waals surface area contributed by atoms with E-state index >= 15 is 0 Å². The largest absolute Gasteiger partial charge is 0.399 e. The summed E-state index contributed by atoms with van der Waals surface area (Å²) >= 11 is 0. The molecule has 0 spiro atoms. The number of hydrogen-bond acceptors (Lipinski definition) is 4. The summed E-state index contributed by atoms with van der Waals surface area (Å²) in [7, 11) is 0. The van der Waals surface area contributed by atoms with Gasteiger partial charge in [-0.05, 0) is 44.4 Å². The predicted molar refractivity (Wildman–Crippen MR) is 72.7 cm³/mol. The van der Waals surface area contributed by atoms with Crippen LogP contribution in [0.4, 0.5) is 11.6 Å². The maximum atomic E-state index is 12.0. The molecule has 0 amide bonds. The lowest BCUT2D eigenvalue weighted by Crippen LogP contribution is -2.42. The van der Waals surface area contributed by atoms with Crippen LogP contribution in [0.1, 0.15) is 26.2 Å². The lowest BCUT2D eigenvalue weighted by Gasteiger charge is -2.39. The van der Waals surface area contributed by atoms with E-state index in [-0.39, 0.29) is 11.1 Å². The van der Waals surface area contributed by atoms with Crippen molar-refractivity contribution >= 4 is 22.5 Å². The smallest absolute Gasteiger partial charge is 0.260 e. The number of fused-ring (bicyclic) bond motifs is 1. The van der Waals surface area contributed by atoms with E-state index in [9.17, 15) is 4.79 Å². The number of H-pyrrole nitrogens is 1. The number of nitrogen functional groups attached to an aromatic ring is 1. The highest BCUT2D eigenvalue weighted by Crippen LogP contribution is 2.33. The zero-order valence-corrected chi connectivity index (χ0v) is 10.3. The second kappa shape index (κ2) is 3.73. The molecule has 1 aliphatic rings. The van der Waals surface area contributed by atoms with E-state index in [1.54, 1.807) is 18.2 Å². The molecule has 0 unspecified atom stereocenters. The number of nitrogens with one attached hydrogen (secondary N) is 2. The van der Waals surface area contributed by atoms with Crippen LogP contribution in [-0.2, 0) is 0 Å². The van der Waals surface area contributed by atoms with E-state index in [4.69, 9.17) is 5.73 Å². The molecule has 1 heterocycles. The van der Waals surface area contributed by atoms with Gasteiger partial charge in [-0.3, -0.25) is 9.78 Å². The van der Waals surface area contributed by atoms with Crippen LogP contribution < -0.4 is 16.6 Å². The van der Waals surface area contributed by atoms with Crippen molar-refractivity contribution in [3.05, 3.63) is 28.6 Å². The molecule has 0 aliphatic heterocycles. The van der Waals surface area contributed by atoms with Gasteiger partial charge in [0.25, 0.3) is 5.56 Å². The van der Waals surface area contributed by atoms with Crippen LogP contribution in [0.25, 0.3) is 10.9 Å². The van der Waals surface area contributed by atoms with Gasteiger partial charge in [-0.25, -0.2) is 4.98 Å². The van der Waals surface area contributed by atoms with Crippen LogP contribution in [0, 0.1) is 0 Å². The van der Waals surface area contributed by atoms with Gasteiger partial charge in [-0.15, -0.1) is 0 Å². The number of rotatable bonds is 2. The van der Waals surface area contributed by atoms with Gasteiger partial charge in [0.2, 0.25) is 5.95 Å². The zero-order valence-electron chi connectivity index (χ0n) is 10.3. The average molecular weight is 244 g/mol. The minimum atomic E-state index is -0.155. The van der Waals surface area contributed by atoms with Gasteiger partial charge in [0.05, 0.1) is 10.9 Å². The Bertz CT molecular complexity index is 658. The van der Waals surface area contributed by atoms with Crippen molar-refractivity contribution in [1.29, 1.82) is 0 Å². The van der Waals surface area contributed by atoms with Crippen LogP contribution >= 0.6 is 0 Å². The number of benzene rings is 1. The number of aromatic amines is 1. The number of nitrogens with zero attached hydrogens (tertiary/aromatic N) is 1. The standard InChI is InChI=1S/C13H16N4O/c1-13(5-2-6-13)17-12-15-10-4-3-8(14)7-9(10)11(18)16-12/h3-4,7H,2,5-6,14H2,1H3,(H2,15,16,17,18). The lowest BCUT2D eigenvalue weighted by molar-refractivity contribution is 0.305. The van der Waals surface area contributed by atoms with Crippen molar-refractivity contribution in [2.45, 2.75) is 31.7 Å². The Morgan fingerprint density at radius 2 is 2.22 bits per heavy atom. The number of anilines is 2. The lowest BCUT2D eigenvalue weighted by atomic mass is 9.79. The van der Waals surface area contributed by atoms with Crippen molar-refractivity contribution in [2.75, 3.05) is 11.1 Å². The van der Waals surface area contributed by atoms with Crippen LogP contribution in [0.2, 0.25) is 0 Å². The highest BCUT2D eigenvalue weighted by Gasteiger charge is 2.32. The van der Waals surface area contributed by atoms with Crippen LogP contribution in [0.15, 0.2) is 23.0 Å². The molecule has 3 rings (SSSR count). The highest BCUT2D eigenvalue weighted by atomic mass is 16.1. The van der Waals surface area contributed by atoms with Gasteiger partial charge in [0, 0.05) is 11.2 Å². The molecule has 5 nitrogen and oxygen atoms in total. The Morgan fingerprint density at radius 1 is 1.44 bits per heavy atom. The second-order valence-corrected chi connectivity index (χ2v) is 5.23. The van der Waals surface area contributed by atoms with Crippen LogP contribution in [-0.4, -0.2) is 15.5 Å². The van der Waals surface area contributed by atoms with Crippen molar-refractivity contribution in [1.82, 2.24) is 9.97 Å². The second-order valence-electron chi connectivity index (χ2n) is 5.23. The molecule has 0 bridgehead atoms. The SMILES string of the molecule is CC1(Nc2nc3ccc(N)cc3c(=O)[nH]2)CCC1. The molecule has 1 saturated carbocycles. The Kier molecular flexibility index (Phi) is 2.29. The predicted octanol–water partition coefficient (Wildman–Crippen LogP) is 1.86. The maximum absolute atomic E-state index is 12.0. The zero-order chi connectivity index (χ0) is 12.8. The molecule has 1 aromatic heterocycles. The number of aromatic nitrogens is 2. The van der Waals surface area contributed by atoms with Crippen molar-refractivity contribution in [3.63, 3.8) is 0 Å². The molecular weight excluding hydrogens is 228 g/mol. The first-order chi connectivity index (χ1) is 8.56. The molecule has 0 radical (unpaired) electrons. The van der Waals surface area contributed by atoms with Gasteiger partial charge >= 0.3 is 0 Å². The maximum Gasteiger partial charge on any atom is 0.260 e. The summed E-state index contributed by atoms with van der Waals surface area (Å²) in [6.07, 6.45) is 3.44. The number of nitrogens with two attached hydrogens (primary N) is 1. The van der Waals surface area contributed by atoms with Gasteiger partial charge < -0.3 is 11.1 Å². The first-order valence-electron chi connectivity index (χ1n) is 6.14. The van der Waals surface area contributed by atoms with E-state index in [1.807, 2.05) is 0 Å². The topological polar surface area (TPSA) is 83.8 Å². The molecule has 94 valence electrons. The van der Waals surface area contributed by atoms with E-state index in [0.29, 0.717) is 22.5 Å². The summed E-state index contributed by atoms with van der Waals surface area (Å²) in [5, 5.41) is 3.83. The fraction of sp³-hybridized carbons (Fsp3) is 0.385. The minimum absolute atomic E-state index is 0.0669. The molecule has 1 aromatic carbocycles. The molecule has 0 saturated heterocycles. The first-order valence-corrected chi connectivity index (χ1v) is 6.14. The molecular formula is C13H16N4O. The first kappa shape index (κ1) is 11.1. The minimum Gasteiger partial charge on any atom is -0.399 e. The third-order valence-electron chi connectivity index (χ3n) is 3.61. The Labute approximate surface area is 104 Å². The average Bonchev–Trinajstić information content (AvgIpc) is 2.28. The van der Waals surface area contributed by atoms with E-state index in [1.165, 1.54) is 6.42 Å². The monoisotopic (exact) mass is 244 g/mol. The normalized spacial score (nSPS) is 17.4. The van der Waals surface area contributed by atoms with E-state index in [2.05, 4.69) is 22.2 Å². The van der Waals surface area contributed by atoms with Crippen LogP contribution in [0.5, 0.6) is 0 Å². The van der Waals surface area contributed by atoms with E-state index in [0.717, 1.165) is 12.8 Å². The quantitative estimate of drug-likeness (QED) is 0.704. The Morgan fingerprint density at radius 3 is 2.89 bits per heavy atom. The summed E-state index contributed by atoms with van der Waals surface area (Å²) in [5.41, 5.74) is 6.82. The molecule has 5 heteroatoms. The van der Waals surface area contributed by atoms with Gasteiger partial charge in [0.15, 0.2) is 0 Å². The summed E-state index contributed by atoms with van der Waals surface area (Å²) in [5.74, 6) is 0.541. The summed E-state index contributed by atoms with van der Waals surface area (Å²) in [4.78, 5) is 19.1. The van der Waals surface area contributed by atoms with Crippen molar-refractivity contribution < 1.29 is 0 Å². The summed E-state index contributed by atoms with van der Waals surface area (Å²) in [6, 6.07) is 5.17. The van der Waals surface area contributed by atoms with E-state index < -0.39 is 0 Å². The third kappa shape index (κ3) is 1.81. The highest BCUT2D eigenvalue weighted by molar-refractivity contribution is 5.81. The summed E-state index contributed by atoms with van der Waals surface area (Å²) < 4.78 is 0.